The number of aliphatic carboxylic acids is 1. The zero-order chi connectivity index (χ0) is 13.1. The molecule has 0 heterocycles. The van der Waals surface area contributed by atoms with Crippen LogP contribution < -0.4 is 0 Å². The van der Waals surface area contributed by atoms with E-state index in [-0.39, 0.29) is 6.42 Å². The topological polar surface area (TPSA) is 46.5 Å². The lowest BCUT2D eigenvalue weighted by atomic mass is 10.3. The Morgan fingerprint density at radius 3 is 1.94 bits per heavy atom. The summed E-state index contributed by atoms with van der Waals surface area (Å²) >= 11 is 0. The monoisotopic (exact) mass is 254 g/mol. The molecule has 0 amide bonds. The molecular weight excluding hydrogens is 232 g/mol. The minimum Gasteiger partial charge on any atom is -0.481 e. The maximum atomic E-state index is 10.4. The molecule has 0 aliphatic rings. The summed E-state index contributed by atoms with van der Waals surface area (Å²) in [6.07, 6.45) is 6.32. The molecule has 0 aliphatic heterocycles. The SMILES string of the molecule is C=CC[Si](CC=C)(CC=C)OCCCC(=O)O. The highest BCUT2D eigenvalue weighted by atomic mass is 28.4. The quantitative estimate of drug-likeness (QED) is 0.349. The Morgan fingerprint density at radius 1 is 1.12 bits per heavy atom. The van der Waals surface area contributed by atoms with Gasteiger partial charge in [0.05, 0.1) is 0 Å². The zero-order valence-corrected chi connectivity index (χ0v) is 11.4. The summed E-state index contributed by atoms with van der Waals surface area (Å²) in [5.74, 6) is -0.781. The second-order valence-corrected chi connectivity index (χ2v) is 7.89. The molecule has 0 saturated heterocycles. The highest BCUT2D eigenvalue weighted by Crippen LogP contribution is 2.24. The molecule has 0 atom stereocenters. The van der Waals surface area contributed by atoms with E-state index in [1.54, 1.807) is 0 Å². The van der Waals surface area contributed by atoms with Gasteiger partial charge in [-0.05, 0) is 24.6 Å². The predicted octanol–water partition coefficient (Wildman–Crippen LogP) is 3.37. The van der Waals surface area contributed by atoms with Crippen molar-refractivity contribution in [3.05, 3.63) is 38.0 Å². The summed E-state index contributed by atoms with van der Waals surface area (Å²) in [7, 11) is -1.91. The van der Waals surface area contributed by atoms with Crippen LogP contribution in [0, 0.1) is 0 Å². The van der Waals surface area contributed by atoms with Crippen molar-refractivity contribution in [3.63, 3.8) is 0 Å². The maximum absolute atomic E-state index is 10.4. The van der Waals surface area contributed by atoms with Crippen molar-refractivity contribution in [1.82, 2.24) is 0 Å². The maximum Gasteiger partial charge on any atom is 0.303 e. The number of carboxylic acid groups (broad SMARTS) is 1. The lowest BCUT2D eigenvalue weighted by molar-refractivity contribution is -0.137. The number of rotatable bonds is 11. The average molecular weight is 254 g/mol. The fraction of sp³-hybridized carbons (Fsp3) is 0.462. The first-order chi connectivity index (χ1) is 8.10. The van der Waals surface area contributed by atoms with E-state index in [0.717, 1.165) is 18.1 Å². The molecule has 0 aromatic heterocycles. The Morgan fingerprint density at radius 2 is 1.59 bits per heavy atom. The number of hydrogen-bond donors (Lipinski definition) is 1. The van der Waals surface area contributed by atoms with Crippen LogP contribution in [0.3, 0.4) is 0 Å². The minimum atomic E-state index is -1.91. The summed E-state index contributed by atoms with van der Waals surface area (Å²) in [6.45, 7) is 11.8. The van der Waals surface area contributed by atoms with Gasteiger partial charge >= 0.3 is 5.97 Å². The summed E-state index contributed by atoms with van der Waals surface area (Å²) in [5, 5.41) is 8.56. The van der Waals surface area contributed by atoms with Crippen molar-refractivity contribution in [2.45, 2.75) is 31.0 Å². The first kappa shape index (κ1) is 15.9. The van der Waals surface area contributed by atoms with Crippen molar-refractivity contribution >= 4 is 14.3 Å². The predicted molar refractivity (Wildman–Crippen MR) is 73.6 cm³/mol. The Kier molecular flexibility index (Phi) is 8.36. The Balaban J connectivity index is 4.32. The summed E-state index contributed by atoms with van der Waals surface area (Å²) in [5.41, 5.74) is 0. The van der Waals surface area contributed by atoms with Crippen molar-refractivity contribution in [3.8, 4) is 0 Å². The molecule has 0 aliphatic carbocycles. The smallest absolute Gasteiger partial charge is 0.303 e. The Hall–Kier alpha value is -1.13. The van der Waals surface area contributed by atoms with Gasteiger partial charge in [0.1, 0.15) is 0 Å². The minimum absolute atomic E-state index is 0.154. The van der Waals surface area contributed by atoms with E-state index in [0.29, 0.717) is 13.0 Å². The summed E-state index contributed by atoms with van der Waals surface area (Å²) in [4.78, 5) is 10.4. The van der Waals surface area contributed by atoms with Gasteiger partial charge in [0.25, 0.3) is 0 Å². The number of allylic oxidation sites excluding steroid dienone is 3. The molecule has 0 spiro atoms. The molecule has 0 aromatic rings. The molecule has 0 saturated carbocycles. The van der Waals surface area contributed by atoms with Crippen molar-refractivity contribution in [2.75, 3.05) is 6.61 Å². The van der Waals surface area contributed by atoms with Gasteiger partial charge in [-0.1, -0.05) is 18.2 Å². The van der Waals surface area contributed by atoms with Gasteiger partial charge < -0.3 is 9.53 Å². The highest BCUT2D eigenvalue weighted by Gasteiger charge is 2.30. The Bertz CT molecular complexity index is 247. The zero-order valence-electron chi connectivity index (χ0n) is 10.4. The van der Waals surface area contributed by atoms with Crippen LogP contribution in [0.25, 0.3) is 0 Å². The standard InChI is InChI=1S/C13H22O3Si/c1-4-10-17(11-5-2,12-6-3)16-9-7-8-13(14)15/h4-6H,1-3,7-12H2,(H,14,15). The van der Waals surface area contributed by atoms with E-state index < -0.39 is 14.3 Å². The molecule has 96 valence electrons. The normalized spacial score (nSPS) is 10.8. The molecule has 17 heavy (non-hydrogen) atoms. The van der Waals surface area contributed by atoms with Crippen LogP contribution in [0.15, 0.2) is 38.0 Å². The van der Waals surface area contributed by atoms with Crippen LogP contribution in [0.2, 0.25) is 18.1 Å². The molecule has 0 fully saturated rings. The largest absolute Gasteiger partial charge is 0.481 e. The third-order valence-electron chi connectivity index (χ3n) is 2.49. The van der Waals surface area contributed by atoms with Gasteiger partial charge in [0, 0.05) is 13.0 Å². The molecule has 0 aromatic carbocycles. The first-order valence-electron chi connectivity index (χ1n) is 5.78. The summed E-state index contributed by atoms with van der Waals surface area (Å²) in [6, 6.07) is 2.54. The van der Waals surface area contributed by atoms with Crippen molar-refractivity contribution in [2.24, 2.45) is 0 Å². The van der Waals surface area contributed by atoms with Gasteiger partial charge in [-0.3, -0.25) is 4.79 Å². The van der Waals surface area contributed by atoms with E-state index in [2.05, 4.69) is 19.7 Å². The lowest BCUT2D eigenvalue weighted by Crippen LogP contribution is -2.37. The molecule has 1 N–H and O–H groups in total. The number of carbonyl (C=O) groups is 1. The second kappa shape index (κ2) is 8.96. The Labute approximate surface area is 105 Å². The van der Waals surface area contributed by atoms with Crippen LogP contribution in [0.1, 0.15) is 12.8 Å². The van der Waals surface area contributed by atoms with Gasteiger partial charge in [0.2, 0.25) is 8.32 Å². The second-order valence-electron chi connectivity index (χ2n) is 4.01. The molecular formula is C13H22O3Si. The lowest BCUT2D eigenvalue weighted by Gasteiger charge is -2.28. The van der Waals surface area contributed by atoms with Gasteiger partial charge in [-0.15, -0.1) is 19.7 Å². The first-order valence-corrected chi connectivity index (χ1v) is 8.31. The van der Waals surface area contributed by atoms with Crippen LogP contribution in [0.5, 0.6) is 0 Å². The van der Waals surface area contributed by atoms with Gasteiger partial charge in [-0.2, -0.15) is 0 Å². The van der Waals surface area contributed by atoms with E-state index in [1.165, 1.54) is 0 Å². The van der Waals surface area contributed by atoms with Crippen LogP contribution in [0.4, 0.5) is 0 Å². The van der Waals surface area contributed by atoms with E-state index >= 15 is 0 Å². The van der Waals surface area contributed by atoms with Crippen LogP contribution in [-0.4, -0.2) is 26.0 Å². The van der Waals surface area contributed by atoms with Crippen LogP contribution in [-0.2, 0) is 9.22 Å². The molecule has 0 rings (SSSR count). The van der Waals surface area contributed by atoms with Crippen molar-refractivity contribution < 1.29 is 14.3 Å². The van der Waals surface area contributed by atoms with E-state index in [1.807, 2.05) is 18.2 Å². The highest BCUT2D eigenvalue weighted by molar-refractivity contribution is 6.75. The van der Waals surface area contributed by atoms with E-state index in [9.17, 15) is 4.79 Å². The molecule has 0 unspecified atom stereocenters. The fourth-order valence-corrected chi connectivity index (χ4v) is 4.74. The molecule has 0 bridgehead atoms. The van der Waals surface area contributed by atoms with E-state index in [4.69, 9.17) is 9.53 Å². The number of carboxylic acids is 1. The van der Waals surface area contributed by atoms with Crippen LogP contribution >= 0.6 is 0 Å². The number of hydrogen-bond acceptors (Lipinski definition) is 2. The molecule has 4 heteroatoms. The fourth-order valence-electron chi connectivity index (χ4n) is 1.73. The van der Waals surface area contributed by atoms with Crippen molar-refractivity contribution in [1.29, 1.82) is 0 Å². The van der Waals surface area contributed by atoms with Gasteiger partial charge in [0.15, 0.2) is 0 Å². The third kappa shape index (κ3) is 6.91. The van der Waals surface area contributed by atoms with Gasteiger partial charge in [-0.25, -0.2) is 0 Å². The summed E-state index contributed by atoms with van der Waals surface area (Å²) < 4.78 is 5.96. The molecule has 3 nitrogen and oxygen atoms in total. The molecule has 0 radical (unpaired) electrons. The third-order valence-corrected chi connectivity index (χ3v) is 6.41. The average Bonchev–Trinajstić information content (AvgIpc) is 2.25.